The van der Waals surface area contributed by atoms with Gasteiger partial charge in [-0.2, -0.15) is 0 Å². The molecule has 0 atom stereocenters. The van der Waals surface area contributed by atoms with Gasteiger partial charge in [-0.1, -0.05) is 13.3 Å². The normalized spacial score (nSPS) is 11.2. The van der Waals surface area contributed by atoms with Crippen LogP contribution < -0.4 is 0 Å². The summed E-state index contributed by atoms with van der Waals surface area (Å²) in [5.41, 5.74) is -0.300. The Kier molecular flexibility index (Phi) is 6.66. The van der Waals surface area contributed by atoms with Gasteiger partial charge in [0.25, 0.3) is 0 Å². The zero-order valence-corrected chi connectivity index (χ0v) is 8.42. The van der Waals surface area contributed by atoms with E-state index in [1.54, 1.807) is 0 Å². The number of aliphatic hydroxyl groups excluding tert-OH is 2. The highest BCUT2D eigenvalue weighted by molar-refractivity contribution is 4.85. The molecule has 76 valence electrons. The van der Waals surface area contributed by atoms with Gasteiger partial charge >= 0.3 is 0 Å². The summed E-state index contributed by atoms with van der Waals surface area (Å²) in [7, 11) is 0. The Morgan fingerprint density at radius 3 is 2.23 bits per heavy atom. The zero-order valence-electron chi connectivity index (χ0n) is 8.42. The van der Waals surface area contributed by atoms with Crippen molar-refractivity contribution in [3.05, 3.63) is 0 Å². The van der Waals surface area contributed by atoms with Gasteiger partial charge in [-0.25, -0.2) is 0 Å². The van der Waals surface area contributed by atoms with E-state index in [-0.39, 0.29) is 18.6 Å². The quantitative estimate of drug-likeness (QED) is 0.465. The molecule has 0 spiro atoms. The van der Waals surface area contributed by atoms with Crippen LogP contribution in [0.25, 0.3) is 0 Å². The summed E-state index contributed by atoms with van der Waals surface area (Å²) < 4.78 is 0. The molecule has 0 radical (unpaired) electrons. The molecule has 2 nitrogen and oxygen atoms in total. The molecular weight excluding hydrogens is 164 g/mol. The van der Waals surface area contributed by atoms with Gasteiger partial charge in [0.15, 0.2) is 0 Å². The minimum Gasteiger partial charge on any atom is -0.396 e. The van der Waals surface area contributed by atoms with Gasteiger partial charge in [-0.05, 0) is 19.3 Å². The average Bonchev–Trinajstić information content (AvgIpc) is 2.17. The monoisotopic (exact) mass is 184 g/mol. The van der Waals surface area contributed by atoms with Crippen LogP contribution in [-0.4, -0.2) is 23.4 Å². The van der Waals surface area contributed by atoms with E-state index in [0.29, 0.717) is 0 Å². The van der Waals surface area contributed by atoms with Crippen LogP contribution in [0, 0.1) is 17.8 Å². The van der Waals surface area contributed by atoms with E-state index < -0.39 is 0 Å². The third kappa shape index (κ3) is 4.31. The maximum absolute atomic E-state index is 9.20. The molecule has 2 N–H and O–H groups in total. The molecule has 0 saturated carbocycles. The van der Waals surface area contributed by atoms with Crippen molar-refractivity contribution in [1.29, 1.82) is 0 Å². The highest BCUT2D eigenvalue weighted by Gasteiger charge is 2.26. The van der Waals surface area contributed by atoms with E-state index in [2.05, 4.69) is 12.8 Å². The fourth-order valence-electron chi connectivity index (χ4n) is 1.59. The van der Waals surface area contributed by atoms with Crippen molar-refractivity contribution in [2.75, 3.05) is 13.2 Å². The molecule has 0 aliphatic carbocycles. The van der Waals surface area contributed by atoms with E-state index in [9.17, 15) is 10.2 Å². The lowest BCUT2D eigenvalue weighted by molar-refractivity contribution is 0.0378. The van der Waals surface area contributed by atoms with E-state index in [1.807, 2.05) is 0 Å². The largest absolute Gasteiger partial charge is 0.396 e. The lowest BCUT2D eigenvalue weighted by Crippen LogP contribution is -2.29. The van der Waals surface area contributed by atoms with Crippen LogP contribution in [0.15, 0.2) is 0 Å². The number of rotatable bonds is 7. The smallest absolute Gasteiger partial charge is 0.0509 e. The summed E-state index contributed by atoms with van der Waals surface area (Å²) in [5, 5.41) is 18.4. The van der Waals surface area contributed by atoms with E-state index in [1.165, 1.54) is 0 Å². The predicted octanol–water partition coefficient (Wildman–Crippen LogP) is 1.56. The Labute approximate surface area is 81.0 Å². The van der Waals surface area contributed by atoms with Gasteiger partial charge in [0.1, 0.15) is 0 Å². The van der Waals surface area contributed by atoms with Crippen LogP contribution in [0.1, 0.15) is 39.0 Å². The third-order valence-corrected chi connectivity index (χ3v) is 2.48. The van der Waals surface area contributed by atoms with E-state index in [4.69, 9.17) is 6.42 Å². The molecule has 0 amide bonds. The van der Waals surface area contributed by atoms with Crippen LogP contribution >= 0.6 is 0 Å². The van der Waals surface area contributed by atoms with Crippen molar-refractivity contribution >= 4 is 0 Å². The topological polar surface area (TPSA) is 40.5 Å². The van der Waals surface area contributed by atoms with Crippen LogP contribution in [0.3, 0.4) is 0 Å². The standard InChI is InChI=1S/C11H20O2/c1-3-5-6-8-11(9-12,10-13)7-4-2/h1,12-13H,4-10H2,2H3. The van der Waals surface area contributed by atoms with Gasteiger partial charge < -0.3 is 10.2 Å². The average molecular weight is 184 g/mol. The van der Waals surface area contributed by atoms with Crippen molar-refractivity contribution in [3.63, 3.8) is 0 Å². The summed E-state index contributed by atoms with van der Waals surface area (Å²) in [6.07, 6.45) is 9.42. The number of hydrogen-bond donors (Lipinski definition) is 2. The number of aliphatic hydroxyl groups is 2. The molecule has 0 fully saturated rings. The highest BCUT2D eigenvalue weighted by atomic mass is 16.3. The first-order chi connectivity index (χ1) is 6.24. The second-order valence-electron chi connectivity index (χ2n) is 3.62. The fourth-order valence-corrected chi connectivity index (χ4v) is 1.59. The number of hydrogen-bond acceptors (Lipinski definition) is 2. The van der Waals surface area contributed by atoms with Crippen molar-refractivity contribution < 1.29 is 10.2 Å². The van der Waals surface area contributed by atoms with Crippen molar-refractivity contribution in [3.8, 4) is 12.3 Å². The lowest BCUT2D eigenvalue weighted by atomic mass is 9.80. The highest BCUT2D eigenvalue weighted by Crippen LogP contribution is 2.29. The number of terminal acetylenes is 1. The zero-order chi connectivity index (χ0) is 10.2. The SMILES string of the molecule is C#CCCCC(CO)(CO)CCC. The Morgan fingerprint density at radius 2 is 1.85 bits per heavy atom. The molecule has 0 bridgehead atoms. The second kappa shape index (κ2) is 6.94. The van der Waals surface area contributed by atoms with Crippen LogP contribution in [0.4, 0.5) is 0 Å². The van der Waals surface area contributed by atoms with Crippen LogP contribution in [0.5, 0.6) is 0 Å². The Hall–Kier alpha value is -0.520. The molecule has 0 aromatic carbocycles. The van der Waals surface area contributed by atoms with Crippen molar-refractivity contribution in [2.24, 2.45) is 5.41 Å². The van der Waals surface area contributed by atoms with E-state index in [0.717, 1.165) is 32.1 Å². The Balaban J connectivity index is 3.98. The molecule has 0 rings (SSSR count). The molecule has 0 aromatic heterocycles. The minimum atomic E-state index is -0.300. The van der Waals surface area contributed by atoms with Gasteiger partial charge in [-0.3, -0.25) is 0 Å². The molecule has 0 saturated heterocycles. The first-order valence-corrected chi connectivity index (χ1v) is 4.90. The molecule has 0 aliphatic rings. The molecule has 13 heavy (non-hydrogen) atoms. The van der Waals surface area contributed by atoms with Crippen LogP contribution in [-0.2, 0) is 0 Å². The lowest BCUT2D eigenvalue weighted by Gasteiger charge is -2.29. The first kappa shape index (κ1) is 12.5. The Bertz CT molecular complexity index is 154. The summed E-state index contributed by atoms with van der Waals surface area (Å²) in [4.78, 5) is 0. The maximum atomic E-state index is 9.20. The van der Waals surface area contributed by atoms with E-state index >= 15 is 0 Å². The summed E-state index contributed by atoms with van der Waals surface area (Å²) in [6, 6.07) is 0. The number of unbranched alkanes of at least 4 members (excludes halogenated alkanes) is 1. The van der Waals surface area contributed by atoms with Gasteiger partial charge in [0.05, 0.1) is 13.2 Å². The molecule has 0 heterocycles. The summed E-state index contributed by atoms with van der Waals surface area (Å²) in [6.45, 7) is 2.17. The predicted molar refractivity (Wildman–Crippen MR) is 54.2 cm³/mol. The molecule has 0 aliphatic heterocycles. The minimum absolute atomic E-state index is 0.0575. The van der Waals surface area contributed by atoms with Gasteiger partial charge in [0, 0.05) is 11.8 Å². The molecular formula is C11H20O2. The van der Waals surface area contributed by atoms with Gasteiger partial charge in [-0.15, -0.1) is 12.3 Å². The third-order valence-electron chi connectivity index (χ3n) is 2.48. The van der Waals surface area contributed by atoms with Crippen molar-refractivity contribution in [1.82, 2.24) is 0 Å². The molecule has 2 heteroatoms. The summed E-state index contributed by atoms with van der Waals surface area (Å²) >= 11 is 0. The summed E-state index contributed by atoms with van der Waals surface area (Å²) in [5.74, 6) is 2.57. The maximum Gasteiger partial charge on any atom is 0.0509 e. The second-order valence-corrected chi connectivity index (χ2v) is 3.62. The van der Waals surface area contributed by atoms with Gasteiger partial charge in [0.2, 0.25) is 0 Å². The van der Waals surface area contributed by atoms with Crippen molar-refractivity contribution in [2.45, 2.75) is 39.0 Å². The molecule has 0 unspecified atom stereocenters. The molecule has 0 aromatic rings. The van der Waals surface area contributed by atoms with Crippen LogP contribution in [0.2, 0.25) is 0 Å². The Morgan fingerprint density at radius 1 is 1.23 bits per heavy atom. The fraction of sp³-hybridized carbons (Fsp3) is 0.818. The first-order valence-electron chi connectivity index (χ1n) is 4.90.